The summed E-state index contributed by atoms with van der Waals surface area (Å²) in [6, 6.07) is 7.81. The van der Waals surface area contributed by atoms with Crippen LogP contribution in [0.2, 0.25) is 0 Å². The highest BCUT2D eigenvalue weighted by Gasteiger charge is 2.16. The molecule has 0 saturated heterocycles. The van der Waals surface area contributed by atoms with Crippen molar-refractivity contribution < 1.29 is 14.3 Å². The van der Waals surface area contributed by atoms with Crippen molar-refractivity contribution >= 4 is 11.6 Å². The SMILES string of the molecule is CCOC(Cn1cc(C(=O)Nc2ccc(C(C)(C)C)cc2)nn1)OCC. The Morgan fingerprint density at radius 1 is 1.15 bits per heavy atom. The van der Waals surface area contributed by atoms with Gasteiger partial charge >= 0.3 is 0 Å². The van der Waals surface area contributed by atoms with Gasteiger partial charge in [-0.25, -0.2) is 4.68 Å². The summed E-state index contributed by atoms with van der Waals surface area (Å²) >= 11 is 0. The summed E-state index contributed by atoms with van der Waals surface area (Å²) in [6.45, 7) is 11.7. The van der Waals surface area contributed by atoms with Crippen molar-refractivity contribution in [2.24, 2.45) is 0 Å². The van der Waals surface area contributed by atoms with Crippen LogP contribution in [0, 0.1) is 0 Å². The lowest BCUT2D eigenvalue weighted by Crippen LogP contribution is -2.24. The van der Waals surface area contributed by atoms with Crippen LogP contribution in [0.3, 0.4) is 0 Å². The second kappa shape index (κ2) is 8.91. The van der Waals surface area contributed by atoms with Gasteiger partial charge in [-0.15, -0.1) is 5.10 Å². The molecule has 1 N–H and O–H groups in total. The van der Waals surface area contributed by atoms with E-state index in [0.29, 0.717) is 19.8 Å². The van der Waals surface area contributed by atoms with E-state index in [0.717, 1.165) is 5.69 Å². The van der Waals surface area contributed by atoms with Crippen molar-refractivity contribution in [3.63, 3.8) is 0 Å². The first-order valence-electron chi connectivity index (χ1n) is 8.88. The van der Waals surface area contributed by atoms with Gasteiger partial charge in [0.2, 0.25) is 0 Å². The van der Waals surface area contributed by atoms with Gasteiger partial charge < -0.3 is 14.8 Å². The minimum Gasteiger partial charge on any atom is -0.351 e. The van der Waals surface area contributed by atoms with Gasteiger partial charge in [0, 0.05) is 18.9 Å². The van der Waals surface area contributed by atoms with Crippen molar-refractivity contribution in [2.75, 3.05) is 18.5 Å². The number of anilines is 1. The van der Waals surface area contributed by atoms with Crippen LogP contribution in [0.15, 0.2) is 30.5 Å². The maximum absolute atomic E-state index is 12.4. The quantitative estimate of drug-likeness (QED) is 0.731. The smallest absolute Gasteiger partial charge is 0.277 e. The second-order valence-electron chi connectivity index (χ2n) is 6.95. The van der Waals surface area contributed by atoms with Crippen LogP contribution in [0.4, 0.5) is 5.69 Å². The normalized spacial score (nSPS) is 11.8. The molecule has 0 aliphatic rings. The van der Waals surface area contributed by atoms with Gasteiger partial charge in [-0.05, 0) is 37.0 Å². The fourth-order valence-electron chi connectivity index (χ4n) is 2.42. The number of rotatable bonds is 8. The van der Waals surface area contributed by atoms with E-state index in [1.54, 1.807) is 10.9 Å². The Kier molecular flexibility index (Phi) is 6.88. The first-order chi connectivity index (χ1) is 12.3. The number of aromatic nitrogens is 3. The number of hydrogen-bond donors (Lipinski definition) is 1. The third-order valence-corrected chi connectivity index (χ3v) is 3.82. The molecule has 26 heavy (non-hydrogen) atoms. The van der Waals surface area contributed by atoms with Gasteiger partial charge in [-0.3, -0.25) is 4.79 Å². The van der Waals surface area contributed by atoms with Gasteiger partial charge in [0.15, 0.2) is 12.0 Å². The first kappa shape index (κ1) is 20.1. The zero-order chi connectivity index (χ0) is 19.2. The molecule has 0 saturated carbocycles. The molecule has 1 heterocycles. The highest BCUT2D eigenvalue weighted by molar-refractivity contribution is 6.02. The zero-order valence-electron chi connectivity index (χ0n) is 16.2. The maximum Gasteiger partial charge on any atom is 0.277 e. The van der Waals surface area contributed by atoms with Crippen LogP contribution >= 0.6 is 0 Å². The maximum atomic E-state index is 12.4. The fourth-order valence-corrected chi connectivity index (χ4v) is 2.42. The third-order valence-electron chi connectivity index (χ3n) is 3.82. The molecule has 0 radical (unpaired) electrons. The van der Waals surface area contributed by atoms with Gasteiger partial charge in [0.1, 0.15) is 0 Å². The third kappa shape index (κ3) is 5.64. The summed E-state index contributed by atoms with van der Waals surface area (Å²) in [4.78, 5) is 12.4. The van der Waals surface area contributed by atoms with Crippen molar-refractivity contribution in [3.05, 3.63) is 41.7 Å². The van der Waals surface area contributed by atoms with Gasteiger partial charge in [-0.1, -0.05) is 38.1 Å². The molecule has 1 aromatic carbocycles. The van der Waals surface area contributed by atoms with Crippen molar-refractivity contribution in [2.45, 2.75) is 52.9 Å². The predicted molar refractivity (Wildman–Crippen MR) is 100 cm³/mol. The lowest BCUT2D eigenvalue weighted by atomic mass is 9.87. The molecule has 1 amide bonds. The first-order valence-corrected chi connectivity index (χ1v) is 8.88. The molecule has 0 bridgehead atoms. The monoisotopic (exact) mass is 360 g/mol. The highest BCUT2D eigenvalue weighted by atomic mass is 16.7. The molecule has 0 atom stereocenters. The summed E-state index contributed by atoms with van der Waals surface area (Å²) in [5, 5.41) is 10.7. The molecular weight excluding hydrogens is 332 g/mol. The summed E-state index contributed by atoms with van der Waals surface area (Å²) in [5.74, 6) is -0.302. The van der Waals surface area contributed by atoms with E-state index in [2.05, 4.69) is 36.4 Å². The molecule has 142 valence electrons. The number of ether oxygens (including phenoxy) is 2. The average molecular weight is 360 g/mol. The number of amides is 1. The summed E-state index contributed by atoms with van der Waals surface area (Å²) in [6.07, 6.45) is 1.18. The average Bonchev–Trinajstić information content (AvgIpc) is 3.04. The van der Waals surface area contributed by atoms with Crippen LogP contribution in [-0.4, -0.2) is 40.4 Å². The molecule has 0 aliphatic heterocycles. The molecule has 0 unspecified atom stereocenters. The number of carbonyl (C=O) groups is 1. The molecule has 1 aromatic heterocycles. The van der Waals surface area contributed by atoms with E-state index in [1.807, 2.05) is 38.1 Å². The Morgan fingerprint density at radius 3 is 2.31 bits per heavy atom. The summed E-state index contributed by atoms with van der Waals surface area (Å²) < 4.78 is 12.5. The zero-order valence-corrected chi connectivity index (χ0v) is 16.2. The van der Waals surface area contributed by atoms with Crippen LogP contribution < -0.4 is 5.32 Å². The van der Waals surface area contributed by atoms with Gasteiger partial charge in [0.25, 0.3) is 5.91 Å². The topological polar surface area (TPSA) is 78.3 Å². The highest BCUT2D eigenvalue weighted by Crippen LogP contribution is 2.23. The lowest BCUT2D eigenvalue weighted by molar-refractivity contribution is -0.145. The minimum atomic E-state index is -0.410. The largest absolute Gasteiger partial charge is 0.351 e. The Balaban J connectivity index is 1.99. The molecule has 2 rings (SSSR count). The Bertz CT molecular complexity index is 698. The molecular formula is C19H28N4O3. The number of carbonyl (C=O) groups excluding carboxylic acids is 1. The number of benzene rings is 1. The van der Waals surface area contributed by atoms with Crippen LogP contribution in [0.5, 0.6) is 0 Å². The van der Waals surface area contributed by atoms with Gasteiger partial charge in [0.05, 0.1) is 12.7 Å². The molecule has 7 heteroatoms. The molecule has 7 nitrogen and oxygen atoms in total. The molecule has 0 fully saturated rings. The molecule has 0 aliphatic carbocycles. The van der Waals surface area contributed by atoms with Crippen LogP contribution in [-0.2, 0) is 21.4 Å². The predicted octanol–water partition coefficient (Wildman–Crippen LogP) is 3.23. The van der Waals surface area contributed by atoms with Crippen molar-refractivity contribution in [1.82, 2.24) is 15.0 Å². The number of hydrogen-bond acceptors (Lipinski definition) is 5. The lowest BCUT2D eigenvalue weighted by Gasteiger charge is -2.19. The fraction of sp³-hybridized carbons (Fsp3) is 0.526. The van der Waals surface area contributed by atoms with E-state index in [9.17, 15) is 4.79 Å². The number of nitrogens with zero attached hydrogens (tertiary/aromatic N) is 3. The van der Waals surface area contributed by atoms with E-state index < -0.39 is 6.29 Å². The van der Waals surface area contributed by atoms with Crippen LogP contribution in [0.1, 0.15) is 50.7 Å². The summed E-state index contributed by atoms with van der Waals surface area (Å²) in [7, 11) is 0. The molecule has 0 spiro atoms. The van der Waals surface area contributed by atoms with E-state index in [4.69, 9.17) is 9.47 Å². The van der Waals surface area contributed by atoms with Crippen molar-refractivity contribution in [3.8, 4) is 0 Å². The van der Waals surface area contributed by atoms with Gasteiger partial charge in [-0.2, -0.15) is 0 Å². The standard InChI is InChI=1S/C19H28N4O3/c1-6-25-17(26-7-2)13-23-12-16(21-22-23)18(24)20-15-10-8-14(9-11-15)19(3,4)5/h8-12,17H,6-7,13H2,1-5H3,(H,20,24). The van der Waals surface area contributed by atoms with E-state index >= 15 is 0 Å². The van der Waals surface area contributed by atoms with Crippen LogP contribution in [0.25, 0.3) is 0 Å². The Labute approximate surface area is 154 Å². The van der Waals surface area contributed by atoms with E-state index in [-0.39, 0.29) is 17.0 Å². The minimum absolute atomic E-state index is 0.0723. The van der Waals surface area contributed by atoms with Crippen molar-refractivity contribution in [1.29, 1.82) is 0 Å². The second-order valence-corrected chi connectivity index (χ2v) is 6.95. The number of nitrogens with one attached hydrogen (secondary N) is 1. The Morgan fingerprint density at radius 2 is 1.77 bits per heavy atom. The summed E-state index contributed by atoms with van der Waals surface area (Å²) in [5.41, 5.74) is 2.25. The Hall–Kier alpha value is -2.25. The van der Waals surface area contributed by atoms with E-state index in [1.165, 1.54) is 5.56 Å². The molecule has 2 aromatic rings.